The SMILES string of the molecule is Cc1cc(C(=O)Nc2ccc(C3=C4C=CC=CC4C(=O)N=N3)cc2)nn1C. The first-order valence-electron chi connectivity index (χ1n) is 8.50. The maximum Gasteiger partial charge on any atom is 0.276 e. The Kier molecular flexibility index (Phi) is 4.12. The number of nitrogens with one attached hydrogen (secondary N) is 1. The van der Waals surface area contributed by atoms with Crippen molar-refractivity contribution in [3.05, 3.63) is 77.2 Å². The number of nitrogens with zero attached hydrogens (tertiary/aromatic N) is 4. The van der Waals surface area contributed by atoms with Gasteiger partial charge in [0.25, 0.3) is 11.8 Å². The summed E-state index contributed by atoms with van der Waals surface area (Å²) < 4.78 is 1.66. The van der Waals surface area contributed by atoms with Gasteiger partial charge in [0.15, 0.2) is 5.69 Å². The average molecular weight is 359 g/mol. The second kappa shape index (κ2) is 6.60. The molecule has 1 unspecified atom stereocenters. The number of allylic oxidation sites excluding steroid dienone is 3. The second-order valence-electron chi connectivity index (χ2n) is 6.39. The molecule has 7 heteroatoms. The first-order valence-corrected chi connectivity index (χ1v) is 8.50. The van der Waals surface area contributed by atoms with Crippen molar-refractivity contribution in [2.75, 3.05) is 5.32 Å². The lowest BCUT2D eigenvalue weighted by molar-refractivity contribution is -0.119. The van der Waals surface area contributed by atoms with Crippen LogP contribution >= 0.6 is 0 Å². The molecule has 1 aromatic heterocycles. The van der Waals surface area contributed by atoms with Crippen LogP contribution in [0.2, 0.25) is 0 Å². The number of hydrogen-bond acceptors (Lipinski definition) is 4. The van der Waals surface area contributed by atoms with Gasteiger partial charge in [-0.3, -0.25) is 14.3 Å². The summed E-state index contributed by atoms with van der Waals surface area (Å²) in [6.07, 6.45) is 7.42. The van der Waals surface area contributed by atoms with Crippen LogP contribution in [0.15, 0.2) is 70.4 Å². The molecule has 4 rings (SSSR count). The molecule has 0 saturated carbocycles. The highest BCUT2D eigenvalue weighted by Gasteiger charge is 2.27. The molecule has 2 amide bonds. The molecule has 1 N–H and O–H groups in total. The van der Waals surface area contributed by atoms with E-state index in [9.17, 15) is 9.59 Å². The summed E-state index contributed by atoms with van der Waals surface area (Å²) in [6.45, 7) is 1.89. The standard InChI is InChI=1S/C20H17N5O2/c1-12-11-17(24-25(12)2)20(27)21-14-9-7-13(8-10-14)18-15-5-3-4-6-16(15)19(26)23-22-18/h3-11,16H,1-2H3,(H,21,27). The maximum atomic E-state index is 12.3. The molecular formula is C20H17N5O2. The molecule has 0 radical (unpaired) electrons. The second-order valence-corrected chi connectivity index (χ2v) is 6.39. The van der Waals surface area contributed by atoms with Gasteiger partial charge >= 0.3 is 0 Å². The predicted molar refractivity (Wildman–Crippen MR) is 101 cm³/mol. The molecule has 2 aromatic rings. The Morgan fingerprint density at radius 1 is 1.15 bits per heavy atom. The Hall–Kier alpha value is -3.61. The Morgan fingerprint density at radius 2 is 1.93 bits per heavy atom. The summed E-state index contributed by atoms with van der Waals surface area (Å²) >= 11 is 0. The number of amides is 2. The van der Waals surface area contributed by atoms with Crippen molar-refractivity contribution in [2.24, 2.45) is 23.2 Å². The fourth-order valence-corrected chi connectivity index (χ4v) is 3.01. The van der Waals surface area contributed by atoms with Crippen LogP contribution in [-0.2, 0) is 11.8 Å². The van der Waals surface area contributed by atoms with Gasteiger partial charge in [-0.25, -0.2) is 0 Å². The van der Waals surface area contributed by atoms with Crippen molar-refractivity contribution < 1.29 is 9.59 Å². The fourth-order valence-electron chi connectivity index (χ4n) is 3.01. The van der Waals surface area contributed by atoms with Crippen molar-refractivity contribution >= 4 is 23.2 Å². The molecule has 7 nitrogen and oxygen atoms in total. The first kappa shape index (κ1) is 16.8. The van der Waals surface area contributed by atoms with Crippen molar-refractivity contribution in [3.8, 4) is 0 Å². The van der Waals surface area contributed by atoms with Crippen LogP contribution in [-0.4, -0.2) is 21.6 Å². The van der Waals surface area contributed by atoms with Crippen LogP contribution in [0.4, 0.5) is 5.69 Å². The maximum absolute atomic E-state index is 12.3. The zero-order chi connectivity index (χ0) is 19.0. The van der Waals surface area contributed by atoms with Crippen molar-refractivity contribution in [1.29, 1.82) is 0 Å². The summed E-state index contributed by atoms with van der Waals surface area (Å²) in [4.78, 5) is 24.2. The predicted octanol–water partition coefficient (Wildman–Crippen LogP) is 3.43. The van der Waals surface area contributed by atoms with Gasteiger partial charge in [0.05, 0.1) is 11.6 Å². The number of carbonyl (C=O) groups is 2. The van der Waals surface area contributed by atoms with E-state index in [4.69, 9.17) is 0 Å². The molecule has 134 valence electrons. The van der Waals surface area contributed by atoms with E-state index in [2.05, 4.69) is 20.6 Å². The van der Waals surface area contributed by atoms with Crippen molar-refractivity contribution in [2.45, 2.75) is 6.92 Å². The van der Waals surface area contributed by atoms with E-state index in [1.54, 1.807) is 29.9 Å². The number of benzene rings is 1. The fraction of sp³-hybridized carbons (Fsp3) is 0.150. The zero-order valence-corrected chi connectivity index (χ0v) is 14.9. The highest BCUT2D eigenvalue weighted by Crippen LogP contribution is 2.34. The van der Waals surface area contributed by atoms with Crippen LogP contribution in [0.3, 0.4) is 0 Å². The molecule has 1 aromatic carbocycles. The Balaban J connectivity index is 1.57. The Labute approximate surface area is 155 Å². The van der Waals surface area contributed by atoms with Crippen LogP contribution in [0.25, 0.3) is 5.70 Å². The molecule has 0 bridgehead atoms. The number of aromatic nitrogens is 2. The van der Waals surface area contributed by atoms with E-state index in [0.717, 1.165) is 16.8 Å². The molecule has 1 aliphatic carbocycles. The minimum Gasteiger partial charge on any atom is -0.321 e. The third-order valence-corrected chi connectivity index (χ3v) is 4.58. The number of azo groups is 1. The summed E-state index contributed by atoms with van der Waals surface area (Å²) in [5, 5.41) is 14.8. The highest BCUT2D eigenvalue weighted by molar-refractivity contribution is 6.03. The van der Waals surface area contributed by atoms with Gasteiger partial charge < -0.3 is 5.32 Å². The summed E-state index contributed by atoms with van der Waals surface area (Å²) in [5.74, 6) is -0.907. The largest absolute Gasteiger partial charge is 0.321 e. The van der Waals surface area contributed by atoms with Gasteiger partial charge in [0.1, 0.15) is 0 Å². The van der Waals surface area contributed by atoms with Crippen LogP contribution in [0, 0.1) is 12.8 Å². The summed E-state index contributed by atoms with van der Waals surface area (Å²) in [5.41, 5.74) is 4.25. The van der Waals surface area contributed by atoms with E-state index in [0.29, 0.717) is 17.1 Å². The lowest BCUT2D eigenvalue weighted by atomic mass is 9.89. The van der Waals surface area contributed by atoms with Gasteiger partial charge in [-0.1, -0.05) is 36.4 Å². The number of carbonyl (C=O) groups excluding carboxylic acids is 2. The highest BCUT2D eigenvalue weighted by atomic mass is 16.2. The number of aryl methyl sites for hydroxylation is 2. The van der Waals surface area contributed by atoms with E-state index >= 15 is 0 Å². The number of hydrogen-bond donors (Lipinski definition) is 1. The van der Waals surface area contributed by atoms with Gasteiger partial charge in [0, 0.05) is 24.0 Å². The monoisotopic (exact) mass is 359 g/mol. The molecule has 2 aliphatic rings. The number of fused-ring (bicyclic) bond motifs is 1. The molecule has 2 heterocycles. The first-order chi connectivity index (χ1) is 13.0. The normalized spacial score (nSPS) is 18.0. The van der Waals surface area contributed by atoms with Gasteiger partial charge in [-0.15, -0.1) is 10.2 Å². The molecule has 0 spiro atoms. The minimum absolute atomic E-state index is 0.260. The molecule has 0 saturated heterocycles. The molecule has 0 fully saturated rings. The summed E-state index contributed by atoms with van der Waals surface area (Å²) in [7, 11) is 1.79. The average Bonchev–Trinajstić information content (AvgIpc) is 3.02. The molecule has 27 heavy (non-hydrogen) atoms. The minimum atomic E-state index is -0.380. The zero-order valence-electron chi connectivity index (χ0n) is 14.9. The van der Waals surface area contributed by atoms with Crippen LogP contribution in [0.5, 0.6) is 0 Å². The van der Waals surface area contributed by atoms with Crippen LogP contribution in [0.1, 0.15) is 21.7 Å². The van der Waals surface area contributed by atoms with E-state index in [-0.39, 0.29) is 17.7 Å². The lowest BCUT2D eigenvalue weighted by Gasteiger charge is -2.19. The van der Waals surface area contributed by atoms with Crippen molar-refractivity contribution in [1.82, 2.24) is 9.78 Å². The van der Waals surface area contributed by atoms with Crippen molar-refractivity contribution in [3.63, 3.8) is 0 Å². The molecule has 1 atom stereocenters. The Morgan fingerprint density at radius 3 is 2.63 bits per heavy atom. The number of anilines is 1. The molecular weight excluding hydrogens is 342 g/mol. The van der Waals surface area contributed by atoms with E-state index in [1.165, 1.54) is 0 Å². The van der Waals surface area contributed by atoms with Gasteiger partial charge in [-0.05, 0) is 30.7 Å². The van der Waals surface area contributed by atoms with Gasteiger partial charge in [0.2, 0.25) is 0 Å². The van der Waals surface area contributed by atoms with E-state index < -0.39 is 0 Å². The third kappa shape index (κ3) is 3.15. The lowest BCUT2D eigenvalue weighted by Crippen LogP contribution is -2.17. The third-order valence-electron chi connectivity index (χ3n) is 4.58. The summed E-state index contributed by atoms with van der Waals surface area (Å²) in [6, 6.07) is 9.01. The topological polar surface area (TPSA) is 88.7 Å². The van der Waals surface area contributed by atoms with Gasteiger partial charge in [-0.2, -0.15) is 5.10 Å². The number of rotatable bonds is 3. The van der Waals surface area contributed by atoms with E-state index in [1.807, 2.05) is 43.4 Å². The Bertz CT molecular complexity index is 1040. The molecule has 1 aliphatic heterocycles. The van der Waals surface area contributed by atoms with Crippen LogP contribution < -0.4 is 5.32 Å². The quantitative estimate of drug-likeness (QED) is 0.910. The smallest absolute Gasteiger partial charge is 0.276 e.